The van der Waals surface area contributed by atoms with E-state index in [1.54, 1.807) is 12.1 Å². The van der Waals surface area contributed by atoms with Crippen molar-refractivity contribution in [2.75, 3.05) is 11.9 Å². The number of hydrogen-bond donors (Lipinski definition) is 3. The van der Waals surface area contributed by atoms with Gasteiger partial charge >= 0.3 is 12.0 Å². The van der Waals surface area contributed by atoms with Crippen LogP contribution in [0.5, 0.6) is 0 Å². The van der Waals surface area contributed by atoms with E-state index < -0.39 is 5.97 Å². The first-order valence-electron chi connectivity index (χ1n) is 7.02. The first-order valence-corrected chi connectivity index (χ1v) is 7.39. The molecule has 0 spiro atoms. The second-order valence-corrected chi connectivity index (χ2v) is 5.33. The molecule has 5 nitrogen and oxygen atoms in total. The number of hydrogen-bond acceptors (Lipinski definition) is 2. The molecule has 0 aliphatic rings. The van der Waals surface area contributed by atoms with E-state index in [2.05, 4.69) is 10.6 Å². The van der Waals surface area contributed by atoms with Crippen LogP contribution < -0.4 is 10.6 Å². The Hall–Kier alpha value is -1.75. The summed E-state index contributed by atoms with van der Waals surface area (Å²) in [7, 11) is 0. The molecule has 0 unspecified atom stereocenters. The van der Waals surface area contributed by atoms with Gasteiger partial charge in [0, 0.05) is 23.7 Å². The lowest BCUT2D eigenvalue weighted by atomic mass is 10.1. The zero-order chi connectivity index (χ0) is 15.7. The summed E-state index contributed by atoms with van der Waals surface area (Å²) in [5.41, 5.74) is 1.64. The van der Waals surface area contributed by atoms with Gasteiger partial charge in [-0.15, -0.1) is 0 Å². The van der Waals surface area contributed by atoms with Crippen LogP contribution >= 0.6 is 11.6 Å². The average molecular weight is 313 g/mol. The summed E-state index contributed by atoms with van der Waals surface area (Å²) in [6.45, 7) is 2.47. The van der Waals surface area contributed by atoms with Gasteiger partial charge in [-0.2, -0.15) is 0 Å². The van der Waals surface area contributed by atoms with Gasteiger partial charge in [0.25, 0.3) is 0 Å². The second kappa shape index (κ2) is 9.23. The number of carboxylic acid groups (broad SMARTS) is 1. The molecule has 0 saturated heterocycles. The number of benzene rings is 1. The third-order valence-electron chi connectivity index (χ3n) is 3.05. The molecule has 0 bridgehead atoms. The van der Waals surface area contributed by atoms with Gasteiger partial charge in [-0.1, -0.05) is 30.5 Å². The molecule has 3 N–H and O–H groups in total. The molecule has 1 rings (SSSR count). The third-order valence-corrected chi connectivity index (χ3v) is 3.29. The number of anilines is 1. The van der Waals surface area contributed by atoms with Crippen molar-refractivity contribution in [3.05, 3.63) is 28.8 Å². The number of aliphatic carboxylic acids is 1. The zero-order valence-corrected chi connectivity index (χ0v) is 12.9. The Bertz CT molecular complexity index is 492. The van der Waals surface area contributed by atoms with Crippen molar-refractivity contribution in [1.29, 1.82) is 0 Å². The molecule has 0 aliphatic carbocycles. The Kier molecular flexibility index (Phi) is 7.61. The first-order chi connectivity index (χ1) is 9.99. The van der Waals surface area contributed by atoms with E-state index in [0.29, 0.717) is 23.7 Å². The minimum absolute atomic E-state index is 0.210. The molecular formula is C15H21ClN2O3. The number of carbonyl (C=O) groups is 2. The quantitative estimate of drug-likeness (QED) is 0.639. The highest BCUT2D eigenvalue weighted by Gasteiger charge is 2.04. The summed E-state index contributed by atoms with van der Waals surface area (Å²) >= 11 is 5.88. The number of amides is 2. The minimum Gasteiger partial charge on any atom is -0.481 e. The molecule has 0 aliphatic heterocycles. The summed E-state index contributed by atoms with van der Waals surface area (Å²) in [5.74, 6) is -0.760. The average Bonchev–Trinajstić information content (AvgIpc) is 2.41. The summed E-state index contributed by atoms with van der Waals surface area (Å²) in [5, 5.41) is 14.6. The first kappa shape index (κ1) is 17.3. The van der Waals surface area contributed by atoms with E-state index in [4.69, 9.17) is 16.7 Å². The molecular weight excluding hydrogens is 292 g/mol. The van der Waals surface area contributed by atoms with Gasteiger partial charge in [-0.25, -0.2) is 4.79 Å². The molecule has 116 valence electrons. The third kappa shape index (κ3) is 7.56. The second-order valence-electron chi connectivity index (χ2n) is 4.90. The molecule has 1 aromatic carbocycles. The summed E-state index contributed by atoms with van der Waals surface area (Å²) in [6.07, 6.45) is 3.50. The Morgan fingerprint density at radius 3 is 2.62 bits per heavy atom. The summed E-state index contributed by atoms with van der Waals surface area (Å²) in [6, 6.07) is 5.07. The molecule has 0 radical (unpaired) electrons. The Labute approximate surface area is 129 Å². The van der Waals surface area contributed by atoms with Gasteiger partial charge in [0.15, 0.2) is 0 Å². The van der Waals surface area contributed by atoms with Crippen molar-refractivity contribution >= 4 is 29.3 Å². The fourth-order valence-electron chi connectivity index (χ4n) is 1.85. The van der Waals surface area contributed by atoms with Crippen LogP contribution in [0.1, 0.15) is 37.7 Å². The summed E-state index contributed by atoms with van der Waals surface area (Å²) in [4.78, 5) is 22.0. The normalized spacial score (nSPS) is 10.2. The van der Waals surface area contributed by atoms with Gasteiger partial charge in [0.1, 0.15) is 0 Å². The van der Waals surface area contributed by atoms with Crippen molar-refractivity contribution in [3.63, 3.8) is 0 Å². The number of nitrogens with one attached hydrogen (secondary N) is 2. The van der Waals surface area contributed by atoms with E-state index in [1.165, 1.54) is 0 Å². The number of rotatable bonds is 8. The number of carbonyl (C=O) groups excluding carboxylic acids is 1. The predicted octanol–water partition coefficient (Wildman–Crippen LogP) is 3.81. The van der Waals surface area contributed by atoms with E-state index in [-0.39, 0.29) is 12.5 Å². The van der Waals surface area contributed by atoms with Gasteiger partial charge in [0.2, 0.25) is 0 Å². The Balaban J connectivity index is 2.17. The lowest BCUT2D eigenvalue weighted by molar-refractivity contribution is -0.137. The van der Waals surface area contributed by atoms with E-state index in [1.807, 2.05) is 13.0 Å². The number of halogens is 1. The summed E-state index contributed by atoms with van der Waals surface area (Å²) < 4.78 is 0. The van der Waals surface area contributed by atoms with E-state index in [0.717, 1.165) is 24.8 Å². The maximum absolute atomic E-state index is 11.7. The highest BCUT2D eigenvalue weighted by molar-refractivity contribution is 6.31. The standard InChI is InChI=1S/C15H21ClN2O3/c1-11-7-8-12(16)10-13(11)18-15(21)17-9-5-3-2-4-6-14(19)20/h7-8,10H,2-6,9H2,1H3,(H,19,20)(H2,17,18,21). The number of aryl methyl sites for hydroxylation is 1. The lowest BCUT2D eigenvalue weighted by Crippen LogP contribution is -2.29. The minimum atomic E-state index is -0.760. The number of unbranched alkanes of at least 4 members (excludes halogenated alkanes) is 3. The highest BCUT2D eigenvalue weighted by atomic mass is 35.5. The molecule has 0 fully saturated rings. The van der Waals surface area contributed by atoms with Gasteiger partial charge in [-0.3, -0.25) is 4.79 Å². The Morgan fingerprint density at radius 1 is 1.19 bits per heavy atom. The van der Waals surface area contributed by atoms with Crippen molar-refractivity contribution < 1.29 is 14.7 Å². The van der Waals surface area contributed by atoms with E-state index in [9.17, 15) is 9.59 Å². The van der Waals surface area contributed by atoms with Gasteiger partial charge in [0.05, 0.1) is 0 Å². The number of carboxylic acids is 1. The molecule has 0 atom stereocenters. The molecule has 6 heteroatoms. The molecule has 2 amide bonds. The van der Waals surface area contributed by atoms with Gasteiger partial charge in [-0.05, 0) is 37.5 Å². The topological polar surface area (TPSA) is 78.4 Å². The van der Waals surface area contributed by atoms with Crippen LogP contribution in [0.4, 0.5) is 10.5 Å². The lowest BCUT2D eigenvalue weighted by Gasteiger charge is -2.10. The van der Waals surface area contributed by atoms with E-state index >= 15 is 0 Å². The Morgan fingerprint density at radius 2 is 1.90 bits per heavy atom. The maximum atomic E-state index is 11.7. The van der Waals surface area contributed by atoms with Crippen molar-refractivity contribution in [1.82, 2.24) is 5.32 Å². The van der Waals surface area contributed by atoms with Crippen LogP contribution in [0.15, 0.2) is 18.2 Å². The van der Waals surface area contributed by atoms with Crippen LogP contribution in [0.2, 0.25) is 5.02 Å². The molecule has 1 aromatic rings. The van der Waals surface area contributed by atoms with Crippen LogP contribution in [-0.4, -0.2) is 23.7 Å². The van der Waals surface area contributed by atoms with Crippen LogP contribution in [0, 0.1) is 6.92 Å². The maximum Gasteiger partial charge on any atom is 0.319 e. The predicted molar refractivity (Wildman–Crippen MR) is 83.9 cm³/mol. The number of urea groups is 1. The van der Waals surface area contributed by atoms with Crippen LogP contribution in [0.25, 0.3) is 0 Å². The van der Waals surface area contributed by atoms with Crippen LogP contribution in [-0.2, 0) is 4.79 Å². The highest BCUT2D eigenvalue weighted by Crippen LogP contribution is 2.19. The van der Waals surface area contributed by atoms with Gasteiger partial charge < -0.3 is 15.7 Å². The van der Waals surface area contributed by atoms with Crippen molar-refractivity contribution in [2.45, 2.75) is 39.0 Å². The monoisotopic (exact) mass is 312 g/mol. The van der Waals surface area contributed by atoms with Crippen molar-refractivity contribution in [3.8, 4) is 0 Å². The van der Waals surface area contributed by atoms with Crippen molar-refractivity contribution in [2.24, 2.45) is 0 Å². The largest absolute Gasteiger partial charge is 0.481 e. The molecule has 0 saturated carbocycles. The molecule has 0 aromatic heterocycles. The fourth-order valence-corrected chi connectivity index (χ4v) is 2.02. The fraction of sp³-hybridized carbons (Fsp3) is 0.467. The van der Waals surface area contributed by atoms with Crippen LogP contribution in [0.3, 0.4) is 0 Å². The molecule has 21 heavy (non-hydrogen) atoms. The molecule has 0 heterocycles. The zero-order valence-electron chi connectivity index (χ0n) is 12.1. The smallest absolute Gasteiger partial charge is 0.319 e. The SMILES string of the molecule is Cc1ccc(Cl)cc1NC(=O)NCCCCCCC(=O)O.